The number of aromatic nitrogens is 8. The van der Waals surface area contributed by atoms with E-state index in [9.17, 15) is 0 Å². The topological polar surface area (TPSA) is 87.2 Å². The summed E-state index contributed by atoms with van der Waals surface area (Å²) in [4.78, 5) is 29.8. The van der Waals surface area contributed by atoms with Crippen LogP contribution in [0.25, 0.3) is 185 Å². The molecule has 0 amide bonds. The lowest BCUT2D eigenvalue weighted by Crippen LogP contribution is -2.01. The van der Waals surface area contributed by atoms with E-state index >= 15 is 0 Å². The summed E-state index contributed by atoms with van der Waals surface area (Å²) in [6, 6.07) is 111. The second kappa shape index (κ2) is 22.7. The summed E-state index contributed by atoms with van der Waals surface area (Å²) in [5.74, 6) is 3.91. The summed E-state index contributed by atoms with van der Waals surface area (Å²) in [6.07, 6.45) is 0. The Balaban J connectivity index is 0.000000135. The molecule has 6 aromatic heterocycles. The Morgan fingerprint density at radius 1 is 0.208 bits per heavy atom. The van der Waals surface area contributed by atoms with Crippen LogP contribution in [0.1, 0.15) is 0 Å². The number of hydrogen-bond donors (Lipinski definition) is 0. The standard InChI is InChI=1S/2C43H26N4S/c1-3-14-27(15-4-1)41-44-42(28-16-5-2-6-17-28)46-43(45-41)29-18-13-19-30(26-29)47-35-24-11-9-22-33(35)37-31-20-7-8-21-32(31)38-34-23-10-12-25-36(34)48-40(38)39(37)47;1-3-13-27(14-4-1)41-44-42(28-15-5-2-6-16-28)46-43(45-41)29-23-25-30(26-24-29)47-35-21-11-9-19-33(35)37-31-17-7-8-18-32(31)38-34-20-10-12-22-36(34)48-40(38)39(37)47/h2*1-26H. The molecule has 14 aromatic carbocycles. The maximum Gasteiger partial charge on any atom is 0.164 e. The van der Waals surface area contributed by atoms with Crippen molar-refractivity contribution in [1.82, 2.24) is 39.0 Å². The van der Waals surface area contributed by atoms with E-state index in [1.165, 1.54) is 106 Å². The van der Waals surface area contributed by atoms with Gasteiger partial charge in [-0.25, -0.2) is 29.9 Å². The van der Waals surface area contributed by atoms with E-state index in [-0.39, 0.29) is 0 Å². The fourth-order valence-corrected chi connectivity index (χ4v) is 16.7. The van der Waals surface area contributed by atoms with E-state index < -0.39 is 0 Å². The van der Waals surface area contributed by atoms with Crippen LogP contribution in [0, 0.1) is 0 Å². The number of benzene rings is 14. The molecule has 0 aliphatic heterocycles. The van der Waals surface area contributed by atoms with Crippen molar-refractivity contribution >= 4 is 128 Å². The molecular formula is C86H52N8S2. The molecule has 20 aromatic rings. The normalized spacial score (nSPS) is 11.8. The van der Waals surface area contributed by atoms with E-state index in [1.807, 2.05) is 144 Å². The molecule has 0 unspecified atom stereocenters. The first-order chi connectivity index (χ1) is 47.6. The largest absolute Gasteiger partial charge is 0.308 e. The Labute approximate surface area is 558 Å². The SMILES string of the molecule is c1ccc(-c2nc(-c3ccccc3)nc(-c3ccc(-n4c5ccccc5c5c6ccccc6c6c7ccccc7sc6c54)cc3)n2)cc1.c1ccc(-c2nc(-c3ccccc3)nc(-c3cccc(-n4c5ccccc5c5c6ccccc6c6c7ccccc7sc6c54)c3)n2)cc1. The third-order valence-electron chi connectivity index (χ3n) is 18.4. The summed E-state index contributed by atoms with van der Waals surface area (Å²) in [6.45, 7) is 0. The third-order valence-corrected chi connectivity index (χ3v) is 20.8. The fraction of sp³-hybridized carbons (Fsp3) is 0. The molecule has 0 aliphatic carbocycles. The van der Waals surface area contributed by atoms with Gasteiger partial charge in [0.1, 0.15) is 0 Å². The first-order valence-electron chi connectivity index (χ1n) is 32.1. The summed E-state index contributed by atoms with van der Waals surface area (Å²) in [5, 5.41) is 15.5. The third kappa shape index (κ3) is 9.10. The summed E-state index contributed by atoms with van der Waals surface area (Å²) in [7, 11) is 0. The zero-order chi connectivity index (χ0) is 63.2. The Bertz CT molecular complexity index is 6320. The predicted molar refractivity (Wildman–Crippen MR) is 402 cm³/mol. The monoisotopic (exact) mass is 1260 g/mol. The first-order valence-corrected chi connectivity index (χ1v) is 33.7. The van der Waals surface area contributed by atoms with Gasteiger partial charge in [0.15, 0.2) is 34.9 Å². The van der Waals surface area contributed by atoms with Crippen molar-refractivity contribution in [3.05, 3.63) is 315 Å². The highest BCUT2D eigenvalue weighted by molar-refractivity contribution is 7.27. The van der Waals surface area contributed by atoms with Crippen molar-refractivity contribution < 1.29 is 0 Å². The zero-order valence-corrected chi connectivity index (χ0v) is 53.0. The van der Waals surface area contributed by atoms with Gasteiger partial charge in [-0.05, 0) is 82.2 Å². The molecule has 0 saturated carbocycles. The molecule has 0 fully saturated rings. The quantitative estimate of drug-likeness (QED) is 0.151. The second-order valence-corrected chi connectivity index (χ2v) is 26.1. The number of rotatable bonds is 8. The van der Waals surface area contributed by atoms with E-state index in [2.05, 4.69) is 203 Å². The van der Waals surface area contributed by atoms with Gasteiger partial charge in [-0.15, -0.1) is 22.7 Å². The molecule has 0 radical (unpaired) electrons. The number of hydrogen-bond acceptors (Lipinski definition) is 8. The van der Waals surface area contributed by atoms with E-state index in [0.29, 0.717) is 34.9 Å². The van der Waals surface area contributed by atoms with Crippen molar-refractivity contribution in [1.29, 1.82) is 0 Å². The maximum atomic E-state index is 5.04. The minimum absolute atomic E-state index is 0.641. The predicted octanol–water partition coefficient (Wildman–Crippen LogP) is 23.0. The van der Waals surface area contributed by atoms with Crippen LogP contribution < -0.4 is 0 Å². The lowest BCUT2D eigenvalue weighted by atomic mass is 9.99. The molecule has 96 heavy (non-hydrogen) atoms. The fourth-order valence-electron chi connectivity index (χ4n) is 14.2. The van der Waals surface area contributed by atoms with Gasteiger partial charge in [0.2, 0.25) is 0 Å². The van der Waals surface area contributed by atoms with Crippen molar-refractivity contribution in [3.63, 3.8) is 0 Å². The summed E-state index contributed by atoms with van der Waals surface area (Å²) in [5.41, 5.74) is 12.7. The average Bonchev–Trinajstić information content (AvgIpc) is 1.54. The molecule has 0 spiro atoms. The van der Waals surface area contributed by atoms with Crippen LogP contribution >= 0.6 is 22.7 Å². The van der Waals surface area contributed by atoms with Crippen molar-refractivity contribution in [2.45, 2.75) is 0 Å². The number of thiophene rings is 2. The Hall–Kier alpha value is -12.3. The smallest absolute Gasteiger partial charge is 0.164 e. The molecule has 0 N–H and O–H groups in total. The van der Waals surface area contributed by atoms with Gasteiger partial charge >= 0.3 is 0 Å². The number of fused-ring (bicyclic) bond motifs is 20. The highest BCUT2D eigenvalue weighted by Gasteiger charge is 2.25. The van der Waals surface area contributed by atoms with Crippen LogP contribution in [-0.2, 0) is 0 Å². The van der Waals surface area contributed by atoms with E-state index in [4.69, 9.17) is 29.9 Å². The van der Waals surface area contributed by atoms with Crippen molar-refractivity contribution in [3.8, 4) is 79.7 Å². The van der Waals surface area contributed by atoms with Crippen LogP contribution in [0.2, 0.25) is 0 Å². The van der Waals surface area contributed by atoms with Crippen LogP contribution in [-0.4, -0.2) is 39.0 Å². The average molecular weight is 1260 g/mol. The molecule has 0 saturated heterocycles. The van der Waals surface area contributed by atoms with Gasteiger partial charge in [-0.1, -0.05) is 255 Å². The maximum absolute atomic E-state index is 5.04. The van der Waals surface area contributed by atoms with Crippen LogP contribution in [0.3, 0.4) is 0 Å². The van der Waals surface area contributed by atoms with Gasteiger partial charge < -0.3 is 9.13 Å². The van der Waals surface area contributed by atoms with Gasteiger partial charge in [0.05, 0.1) is 31.5 Å². The minimum atomic E-state index is 0.641. The molecule has 448 valence electrons. The van der Waals surface area contributed by atoms with Crippen molar-refractivity contribution in [2.75, 3.05) is 0 Å². The number of para-hydroxylation sites is 2. The zero-order valence-electron chi connectivity index (χ0n) is 51.4. The summed E-state index contributed by atoms with van der Waals surface area (Å²) >= 11 is 3.76. The van der Waals surface area contributed by atoms with Gasteiger partial charge in [-0.3, -0.25) is 0 Å². The second-order valence-electron chi connectivity index (χ2n) is 24.0. The lowest BCUT2D eigenvalue weighted by molar-refractivity contribution is 1.07. The van der Waals surface area contributed by atoms with Crippen LogP contribution in [0.15, 0.2) is 315 Å². The van der Waals surface area contributed by atoms with Gasteiger partial charge in [0.25, 0.3) is 0 Å². The molecular weight excluding hydrogens is 1210 g/mol. The minimum Gasteiger partial charge on any atom is -0.308 e. The van der Waals surface area contributed by atoms with Crippen LogP contribution in [0.5, 0.6) is 0 Å². The molecule has 8 nitrogen and oxygen atoms in total. The Morgan fingerprint density at radius 2 is 0.500 bits per heavy atom. The molecule has 0 bridgehead atoms. The van der Waals surface area contributed by atoms with Gasteiger partial charge in [-0.2, -0.15) is 0 Å². The number of nitrogens with zero attached hydrogens (tertiary/aromatic N) is 8. The highest BCUT2D eigenvalue weighted by atomic mass is 32.1. The van der Waals surface area contributed by atoms with E-state index in [0.717, 1.165) is 44.8 Å². The van der Waals surface area contributed by atoms with Gasteiger partial charge in [0, 0.05) is 97.2 Å². The molecule has 0 atom stereocenters. The Kier molecular flexibility index (Phi) is 13.1. The molecule has 10 heteroatoms. The lowest BCUT2D eigenvalue weighted by Gasteiger charge is -2.12. The highest BCUT2D eigenvalue weighted by Crippen LogP contribution is 2.50. The van der Waals surface area contributed by atoms with Crippen molar-refractivity contribution in [2.24, 2.45) is 0 Å². The first kappa shape index (κ1) is 55.3. The molecule has 20 rings (SSSR count). The molecule has 6 heterocycles. The van der Waals surface area contributed by atoms with E-state index in [1.54, 1.807) is 0 Å². The molecule has 0 aliphatic rings. The summed E-state index contributed by atoms with van der Waals surface area (Å²) < 4.78 is 10.1. The Morgan fingerprint density at radius 3 is 0.896 bits per heavy atom. The van der Waals surface area contributed by atoms with Crippen LogP contribution in [0.4, 0.5) is 0 Å².